The molecule has 1 aliphatic carbocycles. The van der Waals surface area contributed by atoms with Crippen LogP contribution >= 0.6 is 0 Å². The van der Waals surface area contributed by atoms with E-state index >= 15 is 0 Å². The van der Waals surface area contributed by atoms with Crippen LogP contribution in [0.3, 0.4) is 0 Å². The third-order valence-electron chi connectivity index (χ3n) is 1.87. The van der Waals surface area contributed by atoms with Gasteiger partial charge in [-0.15, -0.1) is 0 Å². The van der Waals surface area contributed by atoms with Gasteiger partial charge in [0.15, 0.2) is 0 Å². The van der Waals surface area contributed by atoms with E-state index in [2.05, 4.69) is 18.0 Å². The maximum atomic E-state index is 5.30. The monoisotopic (exact) mass is 140 g/mol. The molecule has 0 aromatic rings. The highest BCUT2D eigenvalue weighted by Crippen LogP contribution is 2.24. The van der Waals surface area contributed by atoms with Crippen LogP contribution in [0, 0.1) is 0 Å². The summed E-state index contributed by atoms with van der Waals surface area (Å²) < 4.78 is 0. The summed E-state index contributed by atoms with van der Waals surface area (Å²) in [6.07, 6.45) is 6.91. The lowest BCUT2D eigenvalue weighted by molar-refractivity contribution is 0.360. The molecule has 0 aromatic heterocycles. The average molecular weight is 140 g/mol. The Morgan fingerprint density at radius 1 is 1.50 bits per heavy atom. The van der Waals surface area contributed by atoms with E-state index in [1.165, 1.54) is 12.8 Å². The van der Waals surface area contributed by atoms with Crippen molar-refractivity contribution in [1.29, 1.82) is 0 Å². The molecule has 0 atom stereocenters. The van der Waals surface area contributed by atoms with Gasteiger partial charge in [-0.1, -0.05) is 12.2 Å². The first-order valence-electron chi connectivity index (χ1n) is 3.90. The Morgan fingerprint density at radius 2 is 2.20 bits per heavy atom. The van der Waals surface area contributed by atoms with Gasteiger partial charge in [-0.05, 0) is 19.9 Å². The highest BCUT2D eigenvalue weighted by molar-refractivity contribution is 4.90. The molecule has 10 heavy (non-hydrogen) atoms. The van der Waals surface area contributed by atoms with Crippen LogP contribution in [0.15, 0.2) is 12.2 Å². The molecular weight excluding hydrogens is 124 g/mol. The van der Waals surface area contributed by atoms with Crippen molar-refractivity contribution in [2.24, 2.45) is 5.73 Å². The van der Waals surface area contributed by atoms with Crippen molar-refractivity contribution in [2.75, 3.05) is 20.1 Å². The molecule has 0 heterocycles. The summed E-state index contributed by atoms with van der Waals surface area (Å²) in [7, 11) is 2.17. The smallest absolute Gasteiger partial charge is 0.0163 e. The summed E-state index contributed by atoms with van der Waals surface area (Å²) in [5.41, 5.74) is 5.30. The third kappa shape index (κ3) is 2.50. The first-order valence-corrected chi connectivity index (χ1v) is 3.90. The number of nitrogens with two attached hydrogens (primary N) is 1. The highest BCUT2D eigenvalue weighted by Gasteiger charge is 2.24. The lowest BCUT2D eigenvalue weighted by Gasteiger charge is -2.11. The van der Waals surface area contributed by atoms with Crippen molar-refractivity contribution in [1.82, 2.24) is 4.90 Å². The van der Waals surface area contributed by atoms with Crippen molar-refractivity contribution < 1.29 is 0 Å². The van der Waals surface area contributed by atoms with Gasteiger partial charge in [-0.2, -0.15) is 0 Å². The average Bonchev–Trinajstić information content (AvgIpc) is 2.69. The van der Waals surface area contributed by atoms with Gasteiger partial charge in [0.05, 0.1) is 0 Å². The van der Waals surface area contributed by atoms with Crippen molar-refractivity contribution in [2.45, 2.75) is 18.9 Å². The molecule has 1 fully saturated rings. The van der Waals surface area contributed by atoms with Crippen molar-refractivity contribution in [3.63, 3.8) is 0 Å². The molecule has 2 nitrogen and oxygen atoms in total. The van der Waals surface area contributed by atoms with Crippen LogP contribution in [0.1, 0.15) is 12.8 Å². The van der Waals surface area contributed by atoms with E-state index in [0.717, 1.165) is 12.6 Å². The van der Waals surface area contributed by atoms with Crippen molar-refractivity contribution in [3.05, 3.63) is 12.2 Å². The molecule has 0 aliphatic heterocycles. The number of nitrogens with zero attached hydrogens (tertiary/aromatic N) is 1. The van der Waals surface area contributed by atoms with Crippen LogP contribution < -0.4 is 5.73 Å². The Labute approximate surface area is 62.7 Å². The second-order valence-electron chi connectivity index (χ2n) is 2.88. The van der Waals surface area contributed by atoms with Gasteiger partial charge in [-0.3, -0.25) is 4.90 Å². The zero-order chi connectivity index (χ0) is 7.40. The molecular formula is C8H16N2. The number of rotatable bonds is 4. The van der Waals surface area contributed by atoms with Gasteiger partial charge in [-0.25, -0.2) is 0 Å². The van der Waals surface area contributed by atoms with Crippen LogP contribution in [-0.2, 0) is 0 Å². The minimum Gasteiger partial charge on any atom is -0.327 e. The fourth-order valence-electron chi connectivity index (χ4n) is 1.00. The zero-order valence-corrected chi connectivity index (χ0v) is 6.59. The lowest BCUT2D eigenvalue weighted by atomic mass is 10.4. The Balaban J connectivity index is 2.05. The first-order chi connectivity index (χ1) is 4.84. The van der Waals surface area contributed by atoms with E-state index in [1.807, 2.05) is 6.08 Å². The second-order valence-corrected chi connectivity index (χ2v) is 2.88. The fraction of sp³-hybridized carbons (Fsp3) is 0.750. The lowest BCUT2D eigenvalue weighted by Crippen LogP contribution is -2.20. The van der Waals surface area contributed by atoms with Gasteiger partial charge < -0.3 is 5.73 Å². The van der Waals surface area contributed by atoms with Gasteiger partial charge in [0.1, 0.15) is 0 Å². The standard InChI is InChI=1S/C8H16N2/c1-10(8-4-5-8)7-3-2-6-9/h2-3,8H,4-7,9H2,1H3/b3-2+. The van der Waals surface area contributed by atoms with Crippen molar-refractivity contribution >= 4 is 0 Å². The highest BCUT2D eigenvalue weighted by atomic mass is 15.1. The topological polar surface area (TPSA) is 29.3 Å². The van der Waals surface area contributed by atoms with E-state index in [1.54, 1.807) is 0 Å². The zero-order valence-electron chi connectivity index (χ0n) is 6.59. The first kappa shape index (κ1) is 7.76. The Hall–Kier alpha value is -0.340. The van der Waals surface area contributed by atoms with Crippen molar-refractivity contribution in [3.8, 4) is 0 Å². The normalized spacial score (nSPS) is 19.1. The minimum absolute atomic E-state index is 0.665. The molecule has 0 amide bonds. The molecule has 0 unspecified atom stereocenters. The van der Waals surface area contributed by atoms with E-state index < -0.39 is 0 Å². The van der Waals surface area contributed by atoms with Gasteiger partial charge >= 0.3 is 0 Å². The maximum Gasteiger partial charge on any atom is 0.0163 e. The fourth-order valence-corrected chi connectivity index (χ4v) is 1.00. The molecule has 0 aromatic carbocycles. The van der Waals surface area contributed by atoms with Crippen LogP contribution in [0.4, 0.5) is 0 Å². The molecule has 1 aliphatic rings. The van der Waals surface area contributed by atoms with Crippen LogP contribution in [0.2, 0.25) is 0 Å². The number of hydrogen-bond acceptors (Lipinski definition) is 2. The van der Waals surface area contributed by atoms with Gasteiger partial charge in [0, 0.05) is 19.1 Å². The Kier molecular flexibility index (Phi) is 2.90. The number of hydrogen-bond donors (Lipinski definition) is 1. The third-order valence-corrected chi connectivity index (χ3v) is 1.87. The molecule has 1 saturated carbocycles. The van der Waals surface area contributed by atoms with E-state index in [9.17, 15) is 0 Å². The molecule has 2 heteroatoms. The maximum absolute atomic E-state index is 5.30. The summed E-state index contributed by atoms with van der Waals surface area (Å²) >= 11 is 0. The SMILES string of the molecule is CN(C/C=C/CN)C1CC1. The molecule has 0 radical (unpaired) electrons. The minimum atomic E-state index is 0.665. The summed E-state index contributed by atoms with van der Waals surface area (Å²) in [5.74, 6) is 0. The summed E-state index contributed by atoms with van der Waals surface area (Å²) in [6, 6.07) is 0.863. The second kappa shape index (κ2) is 3.74. The molecule has 1 rings (SSSR count). The van der Waals surface area contributed by atoms with Crippen LogP contribution in [0.25, 0.3) is 0 Å². The number of likely N-dealkylation sites (N-methyl/N-ethyl adjacent to an activating group) is 1. The Bertz CT molecular complexity index is 116. The quantitative estimate of drug-likeness (QED) is 0.579. The predicted octanol–water partition coefficient (Wildman–Crippen LogP) is 0.596. The summed E-state index contributed by atoms with van der Waals surface area (Å²) in [5, 5.41) is 0. The molecule has 0 saturated heterocycles. The van der Waals surface area contributed by atoms with Gasteiger partial charge in [0.2, 0.25) is 0 Å². The molecule has 58 valence electrons. The molecule has 2 N–H and O–H groups in total. The van der Waals surface area contributed by atoms with Crippen LogP contribution in [-0.4, -0.2) is 31.1 Å². The largest absolute Gasteiger partial charge is 0.327 e. The van der Waals surface area contributed by atoms with Gasteiger partial charge in [0.25, 0.3) is 0 Å². The van der Waals surface area contributed by atoms with E-state index in [-0.39, 0.29) is 0 Å². The molecule has 0 spiro atoms. The van der Waals surface area contributed by atoms with E-state index in [0.29, 0.717) is 6.54 Å². The Morgan fingerprint density at radius 3 is 2.70 bits per heavy atom. The predicted molar refractivity (Wildman–Crippen MR) is 43.8 cm³/mol. The summed E-state index contributed by atoms with van der Waals surface area (Å²) in [4.78, 5) is 2.37. The van der Waals surface area contributed by atoms with E-state index in [4.69, 9.17) is 5.73 Å². The molecule has 0 bridgehead atoms. The van der Waals surface area contributed by atoms with Crippen LogP contribution in [0.5, 0.6) is 0 Å². The summed E-state index contributed by atoms with van der Waals surface area (Å²) in [6.45, 7) is 1.72.